The first-order valence-electron chi connectivity index (χ1n) is 7.24. The second-order valence-electron chi connectivity index (χ2n) is 4.84. The van der Waals surface area contributed by atoms with Crippen molar-refractivity contribution < 1.29 is 0 Å². The Balaban J connectivity index is 2.30. The molecule has 0 aliphatic carbocycles. The van der Waals surface area contributed by atoms with Crippen molar-refractivity contribution in [1.82, 2.24) is 9.88 Å². The number of aryl methyl sites for hydroxylation is 1. The van der Waals surface area contributed by atoms with Gasteiger partial charge >= 0.3 is 0 Å². The zero-order valence-electron chi connectivity index (χ0n) is 12.5. The summed E-state index contributed by atoms with van der Waals surface area (Å²) in [7, 11) is 0. The molecule has 0 radical (unpaired) electrons. The molecule has 2 rings (SSSR count). The van der Waals surface area contributed by atoms with E-state index in [1.54, 1.807) is 11.3 Å². The van der Waals surface area contributed by atoms with Crippen LogP contribution in [-0.4, -0.2) is 23.0 Å². The third-order valence-corrected chi connectivity index (χ3v) is 4.48. The van der Waals surface area contributed by atoms with Crippen LogP contribution in [0.4, 0.5) is 5.13 Å². The van der Waals surface area contributed by atoms with Crippen LogP contribution in [0.25, 0.3) is 11.3 Å². The molecule has 0 atom stereocenters. The van der Waals surface area contributed by atoms with Crippen molar-refractivity contribution in [3.05, 3.63) is 34.7 Å². The Kier molecular flexibility index (Phi) is 5.15. The Bertz CT molecular complexity index is 541. The largest absolute Gasteiger partial charge is 0.375 e. The molecule has 0 spiro atoms. The summed E-state index contributed by atoms with van der Waals surface area (Å²) in [6.07, 6.45) is 1.06. The van der Waals surface area contributed by atoms with Gasteiger partial charge in [0.15, 0.2) is 5.13 Å². The van der Waals surface area contributed by atoms with Crippen LogP contribution in [0.1, 0.15) is 31.2 Å². The summed E-state index contributed by atoms with van der Waals surface area (Å²) >= 11 is 1.60. The molecule has 2 N–H and O–H groups in total. The minimum atomic E-state index is 0.654. The molecule has 0 fully saturated rings. The standard InChI is InChI=1S/C16H23N3S/c1-4-12-7-9-13(10-8-12)15-14(20-16(17)18-15)11-19(5-2)6-3/h7-10H,4-6,11H2,1-3H3,(H2,17,18). The van der Waals surface area contributed by atoms with Crippen LogP contribution in [0.3, 0.4) is 0 Å². The molecule has 20 heavy (non-hydrogen) atoms. The van der Waals surface area contributed by atoms with Crippen LogP contribution in [0.2, 0.25) is 0 Å². The van der Waals surface area contributed by atoms with E-state index in [9.17, 15) is 0 Å². The highest BCUT2D eigenvalue weighted by Crippen LogP contribution is 2.31. The molecule has 2 aromatic rings. The molecule has 1 aromatic carbocycles. The Morgan fingerprint density at radius 2 is 1.75 bits per heavy atom. The first-order chi connectivity index (χ1) is 9.67. The minimum Gasteiger partial charge on any atom is -0.375 e. The smallest absolute Gasteiger partial charge is 0.180 e. The van der Waals surface area contributed by atoms with E-state index in [0.717, 1.165) is 37.3 Å². The van der Waals surface area contributed by atoms with Gasteiger partial charge in [0.2, 0.25) is 0 Å². The molecule has 1 heterocycles. The van der Waals surface area contributed by atoms with Crippen molar-refractivity contribution in [2.45, 2.75) is 33.7 Å². The normalized spacial score (nSPS) is 11.2. The molecule has 0 bridgehead atoms. The van der Waals surface area contributed by atoms with Gasteiger partial charge in [-0.15, -0.1) is 11.3 Å². The number of hydrogen-bond donors (Lipinski definition) is 1. The minimum absolute atomic E-state index is 0.654. The SMILES string of the molecule is CCc1ccc(-c2nc(N)sc2CN(CC)CC)cc1. The van der Waals surface area contributed by atoms with Gasteiger partial charge in [0.1, 0.15) is 0 Å². The molecule has 108 valence electrons. The molecular weight excluding hydrogens is 266 g/mol. The zero-order chi connectivity index (χ0) is 14.5. The fourth-order valence-electron chi connectivity index (χ4n) is 2.25. The fourth-order valence-corrected chi connectivity index (χ4v) is 3.15. The van der Waals surface area contributed by atoms with E-state index in [4.69, 9.17) is 5.73 Å². The van der Waals surface area contributed by atoms with Gasteiger partial charge < -0.3 is 5.73 Å². The van der Waals surface area contributed by atoms with Gasteiger partial charge in [-0.05, 0) is 25.1 Å². The van der Waals surface area contributed by atoms with Crippen LogP contribution in [-0.2, 0) is 13.0 Å². The third kappa shape index (κ3) is 3.38. The van der Waals surface area contributed by atoms with Crippen LogP contribution < -0.4 is 5.73 Å². The Hall–Kier alpha value is -1.39. The number of rotatable bonds is 6. The van der Waals surface area contributed by atoms with Gasteiger partial charge in [-0.2, -0.15) is 0 Å². The van der Waals surface area contributed by atoms with Crippen LogP contribution >= 0.6 is 11.3 Å². The van der Waals surface area contributed by atoms with Crippen LogP contribution in [0.5, 0.6) is 0 Å². The summed E-state index contributed by atoms with van der Waals surface area (Å²) in [5, 5.41) is 0.654. The van der Waals surface area contributed by atoms with Crippen LogP contribution in [0.15, 0.2) is 24.3 Å². The van der Waals surface area contributed by atoms with Crippen LogP contribution in [0, 0.1) is 0 Å². The number of benzene rings is 1. The predicted molar refractivity (Wildman–Crippen MR) is 88.0 cm³/mol. The van der Waals surface area contributed by atoms with Gasteiger partial charge in [-0.25, -0.2) is 4.98 Å². The fraction of sp³-hybridized carbons (Fsp3) is 0.438. The summed E-state index contributed by atoms with van der Waals surface area (Å²) in [6, 6.07) is 8.65. The number of anilines is 1. The predicted octanol–water partition coefficient (Wildman–Crippen LogP) is 3.80. The van der Waals surface area contributed by atoms with E-state index in [1.165, 1.54) is 10.4 Å². The first kappa shape index (κ1) is 15.0. The monoisotopic (exact) mass is 289 g/mol. The lowest BCUT2D eigenvalue weighted by molar-refractivity contribution is 0.298. The van der Waals surface area contributed by atoms with Crippen molar-refractivity contribution in [1.29, 1.82) is 0 Å². The van der Waals surface area contributed by atoms with E-state index < -0.39 is 0 Å². The lowest BCUT2D eigenvalue weighted by atomic mass is 10.1. The number of nitrogen functional groups attached to an aromatic ring is 1. The highest BCUT2D eigenvalue weighted by atomic mass is 32.1. The van der Waals surface area contributed by atoms with E-state index >= 15 is 0 Å². The third-order valence-electron chi connectivity index (χ3n) is 3.61. The molecule has 0 aliphatic heterocycles. The lowest BCUT2D eigenvalue weighted by Crippen LogP contribution is -2.21. The zero-order valence-corrected chi connectivity index (χ0v) is 13.3. The number of nitrogens with zero attached hydrogens (tertiary/aromatic N) is 2. The average molecular weight is 289 g/mol. The van der Waals surface area contributed by atoms with Gasteiger partial charge in [0, 0.05) is 17.0 Å². The van der Waals surface area contributed by atoms with Crippen molar-refractivity contribution in [2.24, 2.45) is 0 Å². The second-order valence-corrected chi connectivity index (χ2v) is 5.95. The highest BCUT2D eigenvalue weighted by molar-refractivity contribution is 7.15. The topological polar surface area (TPSA) is 42.1 Å². The number of nitrogens with two attached hydrogens (primary N) is 1. The molecule has 1 aromatic heterocycles. The summed E-state index contributed by atoms with van der Waals surface area (Å²) in [6.45, 7) is 9.55. The Morgan fingerprint density at radius 3 is 2.30 bits per heavy atom. The average Bonchev–Trinajstić information content (AvgIpc) is 2.85. The molecular formula is C16H23N3S. The lowest BCUT2D eigenvalue weighted by Gasteiger charge is -2.17. The Morgan fingerprint density at radius 1 is 1.10 bits per heavy atom. The molecule has 4 heteroatoms. The summed E-state index contributed by atoms with van der Waals surface area (Å²) < 4.78 is 0. The van der Waals surface area contributed by atoms with Gasteiger partial charge in [0.05, 0.1) is 5.69 Å². The summed E-state index contributed by atoms with van der Waals surface area (Å²) in [4.78, 5) is 8.17. The molecule has 3 nitrogen and oxygen atoms in total. The maximum atomic E-state index is 5.92. The summed E-state index contributed by atoms with van der Waals surface area (Å²) in [5.41, 5.74) is 9.48. The van der Waals surface area contributed by atoms with E-state index in [-0.39, 0.29) is 0 Å². The number of aromatic nitrogens is 1. The maximum Gasteiger partial charge on any atom is 0.180 e. The van der Waals surface area contributed by atoms with E-state index in [2.05, 4.69) is 54.9 Å². The first-order valence-corrected chi connectivity index (χ1v) is 8.06. The van der Waals surface area contributed by atoms with Crippen molar-refractivity contribution in [3.63, 3.8) is 0 Å². The van der Waals surface area contributed by atoms with Crippen molar-refractivity contribution in [2.75, 3.05) is 18.8 Å². The molecule has 0 aliphatic rings. The van der Waals surface area contributed by atoms with E-state index in [1.807, 2.05) is 0 Å². The Labute approximate surface area is 125 Å². The van der Waals surface area contributed by atoms with Crippen molar-refractivity contribution >= 4 is 16.5 Å². The van der Waals surface area contributed by atoms with Gasteiger partial charge in [-0.3, -0.25) is 4.90 Å². The summed E-state index contributed by atoms with van der Waals surface area (Å²) in [5.74, 6) is 0. The number of thiazole rings is 1. The maximum absolute atomic E-state index is 5.92. The number of hydrogen-bond acceptors (Lipinski definition) is 4. The highest BCUT2D eigenvalue weighted by Gasteiger charge is 2.14. The molecule has 0 amide bonds. The van der Waals surface area contributed by atoms with E-state index in [0.29, 0.717) is 5.13 Å². The molecule has 0 saturated carbocycles. The second kappa shape index (κ2) is 6.86. The molecule has 0 saturated heterocycles. The quantitative estimate of drug-likeness (QED) is 0.879. The van der Waals surface area contributed by atoms with Gasteiger partial charge in [-0.1, -0.05) is 45.0 Å². The van der Waals surface area contributed by atoms with Gasteiger partial charge in [0.25, 0.3) is 0 Å². The van der Waals surface area contributed by atoms with Crippen molar-refractivity contribution in [3.8, 4) is 11.3 Å². The molecule has 0 unspecified atom stereocenters.